The van der Waals surface area contributed by atoms with Crippen molar-refractivity contribution >= 4 is 38.4 Å². The minimum atomic E-state index is -3.43. The number of carbonyl (C=O) groups excluding carboxylic acids is 1. The quantitative estimate of drug-likeness (QED) is 0.150. The largest absolute Gasteiger partial charge is 0.379 e. The molecule has 3 heterocycles. The number of benzene rings is 2. The molecule has 1 saturated heterocycles. The van der Waals surface area contributed by atoms with Gasteiger partial charge in [0, 0.05) is 31.4 Å². The van der Waals surface area contributed by atoms with Crippen LogP contribution < -0.4 is 15.5 Å². The Morgan fingerprint density at radius 1 is 1.00 bits per heavy atom. The van der Waals surface area contributed by atoms with Crippen LogP contribution in [0.4, 0.5) is 11.8 Å². The summed E-state index contributed by atoms with van der Waals surface area (Å²) in [5.74, 6) is 3.25. The average molecular weight is 682 g/mol. The molecule has 0 spiro atoms. The number of carbonyl (C=O) groups is 1. The van der Waals surface area contributed by atoms with Gasteiger partial charge >= 0.3 is 0 Å². The van der Waals surface area contributed by atoms with E-state index in [-0.39, 0.29) is 37.8 Å². The molecule has 1 amide bonds. The molecule has 5 rings (SSSR count). The Labute approximate surface area is 281 Å². The highest BCUT2D eigenvalue weighted by Crippen LogP contribution is 2.29. The number of rotatable bonds is 18. The highest BCUT2D eigenvalue weighted by Gasteiger charge is 2.40. The Kier molecular flexibility index (Phi) is 12.6. The van der Waals surface area contributed by atoms with Crippen molar-refractivity contribution in [1.29, 1.82) is 0 Å². The number of anilines is 2. The minimum absolute atomic E-state index is 0.0366. The van der Waals surface area contributed by atoms with Gasteiger partial charge in [-0.2, -0.15) is 4.98 Å². The zero-order valence-electron chi connectivity index (χ0n) is 27.2. The van der Waals surface area contributed by atoms with Gasteiger partial charge in [0.2, 0.25) is 11.9 Å². The van der Waals surface area contributed by atoms with Gasteiger partial charge in [-0.1, -0.05) is 35.7 Å². The number of hydrogen-bond donors (Lipinski definition) is 2. The van der Waals surface area contributed by atoms with E-state index in [0.29, 0.717) is 88.2 Å². The Bertz CT molecular complexity index is 1690. The predicted octanol–water partition coefficient (Wildman–Crippen LogP) is 2.12. The third-order valence-corrected chi connectivity index (χ3v) is 9.74. The Morgan fingerprint density at radius 3 is 2.42 bits per heavy atom. The topological polar surface area (TPSA) is 150 Å². The summed E-state index contributed by atoms with van der Waals surface area (Å²) >= 11 is 0. The molecule has 3 aromatic rings. The highest BCUT2D eigenvalue weighted by molar-refractivity contribution is 7.91. The molecule has 0 bridgehead atoms. The van der Waals surface area contributed by atoms with E-state index < -0.39 is 15.4 Å². The van der Waals surface area contributed by atoms with Gasteiger partial charge in [-0.3, -0.25) is 4.79 Å². The van der Waals surface area contributed by atoms with Gasteiger partial charge in [-0.05, 0) is 30.7 Å². The highest BCUT2D eigenvalue weighted by atomic mass is 32.2. The number of ether oxygens (including phenoxy) is 5. The molecule has 0 atom stereocenters. The van der Waals surface area contributed by atoms with E-state index in [1.165, 1.54) is 0 Å². The number of nitrogens with zero attached hydrogens (tertiary/aromatic N) is 3. The van der Waals surface area contributed by atoms with Crippen LogP contribution in [0.15, 0.2) is 47.4 Å². The Morgan fingerprint density at radius 2 is 1.71 bits per heavy atom. The monoisotopic (exact) mass is 681 g/mol. The van der Waals surface area contributed by atoms with Crippen molar-refractivity contribution in [3.63, 3.8) is 0 Å². The van der Waals surface area contributed by atoms with Crippen LogP contribution in [0.3, 0.4) is 0 Å². The van der Waals surface area contributed by atoms with E-state index in [1.807, 2.05) is 42.2 Å². The van der Waals surface area contributed by atoms with Gasteiger partial charge in [0.05, 0.1) is 75.6 Å². The van der Waals surface area contributed by atoms with Crippen molar-refractivity contribution in [2.24, 2.45) is 0 Å². The molecule has 2 aliphatic rings. The van der Waals surface area contributed by atoms with Crippen LogP contribution in [0.2, 0.25) is 0 Å². The van der Waals surface area contributed by atoms with Crippen LogP contribution in [0, 0.1) is 19.3 Å². The van der Waals surface area contributed by atoms with Crippen molar-refractivity contribution in [3.05, 3.63) is 53.6 Å². The molecular weight excluding hydrogens is 638 g/mol. The average Bonchev–Trinajstić information content (AvgIpc) is 3.19. The Hall–Kier alpha value is -3.84. The maximum atomic E-state index is 13.0. The normalized spacial score (nSPS) is 16.4. The first-order valence-corrected chi connectivity index (χ1v) is 17.6. The lowest BCUT2D eigenvalue weighted by Gasteiger charge is -2.42. The van der Waals surface area contributed by atoms with Crippen LogP contribution in [0.1, 0.15) is 17.5 Å². The number of aryl methyl sites for hydroxylation is 1. The van der Waals surface area contributed by atoms with Gasteiger partial charge in [0.1, 0.15) is 18.0 Å². The number of fused-ring (bicyclic) bond motifs is 2. The van der Waals surface area contributed by atoms with Crippen LogP contribution >= 0.6 is 0 Å². The van der Waals surface area contributed by atoms with E-state index in [4.69, 9.17) is 40.1 Å². The summed E-state index contributed by atoms with van der Waals surface area (Å²) in [6, 6.07) is 13.0. The number of amides is 1. The smallest absolute Gasteiger partial charge is 0.228 e. The fraction of sp³-hybridized carbons (Fsp3) is 0.500. The molecule has 2 aromatic carbocycles. The van der Waals surface area contributed by atoms with Gasteiger partial charge in [0.15, 0.2) is 9.84 Å². The number of aromatic nitrogens is 2. The first kappa shape index (κ1) is 35.5. The van der Waals surface area contributed by atoms with Crippen molar-refractivity contribution in [3.8, 4) is 12.3 Å². The summed E-state index contributed by atoms with van der Waals surface area (Å²) in [7, 11) is -3.43. The third-order valence-electron chi connectivity index (χ3n) is 7.95. The lowest BCUT2D eigenvalue weighted by molar-refractivity contribution is -0.132. The van der Waals surface area contributed by atoms with Crippen molar-refractivity contribution < 1.29 is 36.9 Å². The van der Waals surface area contributed by atoms with Crippen molar-refractivity contribution in [2.45, 2.75) is 30.3 Å². The van der Waals surface area contributed by atoms with E-state index in [0.717, 1.165) is 16.5 Å². The fourth-order valence-electron chi connectivity index (χ4n) is 5.37. The number of sulfone groups is 1. The molecule has 48 heavy (non-hydrogen) atoms. The summed E-state index contributed by atoms with van der Waals surface area (Å²) < 4.78 is 53.0. The van der Waals surface area contributed by atoms with Crippen molar-refractivity contribution in [2.75, 3.05) is 95.1 Å². The fourth-order valence-corrected chi connectivity index (χ4v) is 6.87. The maximum Gasteiger partial charge on any atom is 0.228 e. The molecule has 0 unspecified atom stereocenters. The summed E-state index contributed by atoms with van der Waals surface area (Å²) in [6.07, 6.45) is 5.31. The number of hydrogen-bond acceptors (Lipinski definition) is 12. The number of terminal acetylenes is 1. The first-order chi connectivity index (χ1) is 23.3. The zero-order chi connectivity index (χ0) is 33.8. The molecule has 2 N–H and O–H groups in total. The van der Waals surface area contributed by atoms with Crippen LogP contribution in [0.25, 0.3) is 10.9 Å². The third kappa shape index (κ3) is 9.62. The Balaban J connectivity index is 1.13. The second-order valence-corrected chi connectivity index (χ2v) is 13.8. The van der Waals surface area contributed by atoms with Gasteiger partial charge in [-0.25, -0.2) is 13.4 Å². The minimum Gasteiger partial charge on any atom is -0.379 e. The zero-order valence-corrected chi connectivity index (χ0v) is 28.1. The van der Waals surface area contributed by atoms with Crippen molar-refractivity contribution in [1.82, 2.24) is 15.3 Å². The number of nitrogens with one attached hydrogen (secondary N) is 2. The van der Waals surface area contributed by atoms with Crippen LogP contribution in [-0.2, 0) is 44.9 Å². The summed E-state index contributed by atoms with van der Waals surface area (Å²) in [5, 5.41) is 7.39. The molecular formula is C34H43N5O8S. The van der Waals surface area contributed by atoms with Crippen LogP contribution in [-0.4, -0.2) is 115 Å². The summed E-state index contributed by atoms with van der Waals surface area (Å²) in [6.45, 7) is 6.80. The first-order valence-electron chi connectivity index (χ1n) is 16.0. The molecule has 13 nitrogen and oxygen atoms in total. The molecule has 1 fully saturated rings. The standard InChI is InChI=1S/C34H43N5O8S/c1-3-12-43-14-16-45-18-19-46-17-15-44-13-10-31(40)38-34(24-47-25-34)23-35-32-28-21-26(2)8-9-29(28)36-33(37-32)39-11-20-48(41,42)30-7-5-4-6-27(30)22-39/h1,4-9,21H,10-20,22-25H2,2H3,(H,38,40)(H,35,36,37). The van der Waals surface area contributed by atoms with Gasteiger partial charge < -0.3 is 39.2 Å². The molecule has 0 saturated carbocycles. The molecule has 0 radical (unpaired) electrons. The second kappa shape index (κ2) is 17.0. The lowest BCUT2D eigenvalue weighted by Crippen LogP contribution is -2.65. The van der Waals surface area contributed by atoms with Crippen LogP contribution in [0.5, 0.6) is 0 Å². The summed E-state index contributed by atoms with van der Waals surface area (Å²) in [4.78, 5) is 24.8. The van der Waals surface area contributed by atoms with E-state index in [2.05, 4.69) is 16.6 Å². The van der Waals surface area contributed by atoms with E-state index in [9.17, 15) is 13.2 Å². The van der Waals surface area contributed by atoms with Gasteiger partial charge in [-0.15, -0.1) is 6.42 Å². The SMILES string of the molecule is C#CCOCCOCCOCCOCCC(=O)NC1(CNc2nc(N3CCS(=O)(=O)c4ccccc4C3)nc3ccc(C)cc23)COC1. The molecule has 2 aliphatic heterocycles. The summed E-state index contributed by atoms with van der Waals surface area (Å²) in [5.41, 5.74) is 1.89. The maximum absolute atomic E-state index is 13.0. The van der Waals surface area contributed by atoms with E-state index >= 15 is 0 Å². The lowest BCUT2D eigenvalue weighted by atomic mass is 9.97. The molecule has 1 aromatic heterocycles. The predicted molar refractivity (Wildman–Crippen MR) is 181 cm³/mol. The van der Waals surface area contributed by atoms with Gasteiger partial charge in [0.25, 0.3) is 0 Å². The molecule has 14 heteroatoms. The molecule has 0 aliphatic carbocycles. The second-order valence-electron chi connectivity index (χ2n) is 11.8. The van der Waals surface area contributed by atoms with E-state index in [1.54, 1.807) is 12.1 Å². The molecule has 258 valence electrons.